The number of hydrogen-bond acceptors (Lipinski definition) is 5. The molecule has 1 aliphatic heterocycles. The molecule has 0 aliphatic carbocycles. The van der Waals surface area contributed by atoms with Crippen molar-refractivity contribution in [2.75, 3.05) is 34.9 Å². The van der Waals surface area contributed by atoms with Crippen LogP contribution in [-0.4, -0.2) is 73.6 Å². The molecule has 1 aliphatic rings. The smallest absolute Gasteiger partial charge is 0.326 e. The van der Waals surface area contributed by atoms with Crippen LogP contribution in [0.15, 0.2) is 12.1 Å². The number of rotatable bonds is 6. The quantitative estimate of drug-likeness (QED) is 0.808. The number of ether oxygens (including phenoxy) is 2. The highest BCUT2D eigenvalue weighted by molar-refractivity contribution is 5.98. The molecule has 0 spiro atoms. The molecule has 8 heteroatoms. The Morgan fingerprint density at radius 3 is 2.36 bits per heavy atom. The summed E-state index contributed by atoms with van der Waals surface area (Å²) < 4.78 is 10.6. The fraction of sp³-hybridized carbons (Fsp3) is 0.471. The summed E-state index contributed by atoms with van der Waals surface area (Å²) in [6, 6.07) is 2.25. The number of likely N-dealkylation sites (N-methyl/N-ethyl adjacent to an activating group) is 1. The van der Waals surface area contributed by atoms with Gasteiger partial charge in [-0.3, -0.25) is 9.59 Å². The average Bonchev–Trinajstić information content (AvgIpc) is 2.52. The lowest BCUT2D eigenvalue weighted by Crippen LogP contribution is -2.55. The summed E-state index contributed by atoms with van der Waals surface area (Å²) in [4.78, 5) is 38.6. The third-order valence-electron chi connectivity index (χ3n) is 4.21. The summed E-state index contributed by atoms with van der Waals surface area (Å²) >= 11 is 0. The van der Waals surface area contributed by atoms with Gasteiger partial charge in [-0.1, -0.05) is 0 Å². The van der Waals surface area contributed by atoms with Gasteiger partial charge in [-0.2, -0.15) is 0 Å². The summed E-state index contributed by atoms with van der Waals surface area (Å²) in [6.07, 6.45) is 0.469. The topological polar surface area (TPSA) is 96.4 Å². The van der Waals surface area contributed by atoms with E-state index in [0.717, 1.165) is 0 Å². The number of amides is 2. The molecule has 2 amide bonds. The molecule has 25 heavy (non-hydrogen) atoms. The first kappa shape index (κ1) is 18.6. The van der Waals surface area contributed by atoms with E-state index in [1.54, 1.807) is 20.2 Å². The van der Waals surface area contributed by atoms with Gasteiger partial charge in [-0.05, 0) is 18.6 Å². The molecule has 1 saturated heterocycles. The van der Waals surface area contributed by atoms with Gasteiger partial charge in [0.1, 0.15) is 6.04 Å². The van der Waals surface area contributed by atoms with Crippen molar-refractivity contribution in [3.63, 3.8) is 0 Å². The van der Waals surface area contributed by atoms with Crippen molar-refractivity contribution in [1.29, 1.82) is 0 Å². The van der Waals surface area contributed by atoms with Gasteiger partial charge in [0.2, 0.25) is 5.91 Å². The lowest BCUT2D eigenvalue weighted by atomic mass is 9.99. The number of carboxylic acid groups (broad SMARTS) is 1. The summed E-state index contributed by atoms with van der Waals surface area (Å²) in [5, 5.41) is 9.13. The maximum absolute atomic E-state index is 12.7. The fourth-order valence-corrected chi connectivity index (χ4v) is 2.67. The molecular formula is C17H22N2O6. The first-order chi connectivity index (χ1) is 11.8. The minimum atomic E-state index is -1.02. The second kappa shape index (κ2) is 7.42. The zero-order valence-corrected chi connectivity index (χ0v) is 14.7. The molecule has 0 aromatic heterocycles. The summed E-state index contributed by atoms with van der Waals surface area (Å²) in [7, 11) is 6.17. The van der Waals surface area contributed by atoms with E-state index >= 15 is 0 Å². The molecule has 1 heterocycles. The molecule has 1 atom stereocenters. The van der Waals surface area contributed by atoms with Crippen LogP contribution in [0.1, 0.15) is 22.3 Å². The van der Waals surface area contributed by atoms with E-state index < -0.39 is 17.9 Å². The van der Waals surface area contributed by atoms with E-state index in [0.29, 0.717) is 30.0 Å². The first-order valence-electron chi connectivity index (χ1n) is 7.79. The van der Waals surface area contributed by atoms with E-state index in [9.17, 15) is 14.4 Å². The van der Waals surface area contributed by atoms with Crippen LogP contribution in [0.4, 0.5) is 0 Å². The molecule has 136 valence electrons. The van der Waals surface area contributed by atoms with Crippen LogP contribution in [-0.2, 0) is 16.0 Å². The van der Waals surface area contributed by atoms with Gasteiger partial charge >= 0.3 is 5.97 Å². The number of benzene rings is 1. The van der Waals surface area contributed by atoms with E-state index in [-0.39, 0.29) is 17.9 Å². The highest BCUT2D eigenvalue weighted by Gasteiger charge is 2.38. The Morgan fingerprint density at radius 1 is 1.24 bits per heavy atom. The number of hydrogen-bond donors (Lipinski definition) is 1. The Labute approximate surface area is 145 Å². The normalized spacial score (nSPS) is 16.0. The zero-order valence-electron chi connectivity index (χ0n) is 14.7. The fourth-order valence-electron chi connectivity index (χ4n) is 2.67. The number of likely N-dealkylation sites (tertiary alicyclic amines) is 1. The number of aliphatic carboxylic acids is 1. The molecule has 1 N–H and O–H groups in total. The van der Waals surface area contributed by atoms with Crippen molar-refractivity contribution in [3.8, 4) is 11.5 Å². The van der Waals surface area contributed by atoms with Crippen molar-refractivity contribution >= 4 is 17.8 Å². The van der Waals surface area contributed by atoms with E-state index in [4.69, 9.17) is 14.6 Å². The van der Waals surface area contributed by atoms with Gasteiger partial charge in [0.15, 0.2) is 11.5 Å². The minimum Gasteiger partial charge on any atom is -0.493 e. The second-order valence-electron chi connectivity index (χ2n) is 5.98. The zero-order chi connectivity index (χ0) is 18.7. The van der Waals surface area contributed by atoms with Gasteiger partial charge in [-0.15, -0.1) is 0 Å². The number of nitrogens with zero attached hydrogens (tertiary/aromatic N) is 2. The number of carbonyl (C=O) groups excluding carboxylic acids is 2. The van der Waals surface area contributed by atoms with Gasteiger partial charge in [-0.25, -0.2) is 4.79 Å². The standard InChI is InChI=1S/C17H22N2O6/c1-18(2)14(20)9-10-7-11(8-13(24-3)15(10)25-4)16(21)19-6-5-12(19)17(22)23/h7-8,12H,5-6,9H2,1-4H3,(H,22,23). The molecule has 1 aromatic rings. The molecule has 2 rings (SSSR count). The number of methoxy groups -OCH3 is 2. The predicted molar refractivity (Wildman–Crippen MR) is 89.0 cm³/mol. The molecule has 0 bridgehead atoms. The Kier molecular flexibility index (Phi) is 5.51. The average molecular weight is 350 g/mol. The minimum absolute atomic E-state index is 0.0377. The van der Waals surface area contributed by atoms with Gasteiger partial charge in [0, 0.05) is 31.8 Å². The van der Waals surface area contributed by atoms with Crippen molar-refractivity contribution in [1.82, 2.24) is 9.80 Å². The third-order valence-corrected chi connectivity index (χ3v) is 4.21. The Bertz CT molecular complexity index is 701. The highest BCUT2D eigenvalue weighted by atomic mass is 16.5. The molecule has 1 fully saturated rings. The second-order valence-corrected chi connectivity index (χ2v) is 5.98. The van der Waals surface area contributed by atoms with Crippen LogP contribution in [0.5, 0.6) is 11.5 Å². The van der Waals surface area contributed by atoms with Crippen molar-refractivity contribution in [2.24, 2.45) is 0 Å². The lowest BCUT2D eigenvalue weighted by molar-refractivity contribution is -0.146. The molecule has 8 nitrogen and oxygen atoms in total. The van der Waals surface area contributed by atoms with Crippen molar-refractivity contribution < 1.29 is 29.0 Å². The van der Waals surface area contributed by atoms with Crippen LogP contribution in [0.3, 0.4) is 0 Å². The Morgan fingerprint density at radius 2 is 1.92 bits per heavy atom. The summed E-state index contributed by atoms with van der Waals surface area (Å²) in [6.45, 7) is 0.385. The van der Waals surface area contributed by atoms with Gasteiger partial charge in [0.05, 0.1) is 20.6 Å². The molecule has 0 radical (unpaired) electrons. The highest BCUT2D eigenvalue weighted by Crippen LogP contribution is 2.34. The van der Waals surface area contributed by atoms with Crippen LogP contribution in [0.2, 0.25) is 0 Å². The number of carbonyl (C=O) groups is 3. The largest absolute Gasteiger partial charge is 0.493 e. The molecule has 0 saturated carbocycles. The first-order valence-corrected chi connectivity index (χ1v) is 7.79. The van der Waals surface area contributed by atoms with Gasteiger partial charge in [0.25, 0.3) is 5.91 Å². The molecular weight excluding hydrogens is 328 g/mol. The van der Waals surface area contributed by atoms with Crippen LogP contribution >= 0.6 is 0 Å². The van der Waals surface area contributed by atoms with Crippen LogP contribution in [0, 0.1) is 0 Å². The maximum Gasteiger partial charge on any atom is 0.326 e. The van der Waals surface area contributed by atoms with E-state index in [1.807, 2.05) is 0 Å². The Balaban J connectivity index is 2.40. The summed E-state index contributed by atoms with van der Waals surface area (Å²) in [5.41, 5.74) is 0.779. The maximum atomic E-state index is 12.7. The molecule has 1 unspecified atom stereocenters. The van der Waals surface area contributed by atoms with Crippen molar-refractivity contribution in [2.45, 2.75) is 18.9 Å². The van der Waals surface area contributed by atoms with E-state index in [2.05, 4.69) is 0 Å². The monoisotopic (exact) mass is 350 g/mol. The van der Waals surface area contributed by atoms with Crippen LogP contribution < -0.4 is 9.47 Å². The van der Waals surface area contributed by atoms with Crippen molar-refractivity contribution in [3.05, 3.63) is 23.3 Å². The SMILES string of the molecule is COc1cc(C(=O)N2CCC2C(=O)O)cc(CC(=O)N(C)C)c1OC. The molecule has 1 aromatic carbocycles. The van der Waals surface area contributed by atoms with Crippen LogP contribution in [0.25, 0.3) is 0 Å². The van der Waals surface area contributed by atoms with E-state index in [1.165, 1.54) is 30.1 Å². The summed E-state index contributed by atoms with van der Waals surface area (Å²) in [5.74, 6) is -0.881. The Hall–Kier alpha value is -2.77. The lowest BCUT2D eigenvalue weighted by Gasteiger charge is -2.38. The number of carboxylic acids is 1. The van der Waals surface area contributed by atoms with Gasteiger partial charge < -0.3 is 24.4 Å². The predicted octanol–water partition coefficient (Wildman–Crippen LogP) is 0.634. The third kappa shape index (κ3) is 3.67.